The van der Waals surface area contributed by atoms with Gasteiger partial charge in [-0.15, -0.1) is 0 Å². The van der Waals surface area contributed by atoms with Crippen molar-refractivity contribution in [1.29, 1.82) is 0 Å². The molecule has 0 aliphatic carbocycles. The van der Waals surface area contributed by atoms with Gasteiger partial charge in [-0.25, -0.2) is 0 Å². The van der Waals surface area contributed by atoms with E-state index in [0.29, 0.717) is 0 Å². The summed E-state index contributed by atoms with van der Waals surface area (Å²) in [4.78, 5) is 0. The minimum Gasteiger partial charge on any atom is -0.399 e. The van der Waals surface area contributed by atoms with Crippen LogP contribution in [0.3, 0.4) is 0 Å². The lowest BCUT2D eigenvalue weighted by atomic mass is 9.87. The predicted molar refractivity (Wildman–Crippen MR) is 126 cm³/mol. The first-order valence-electron chi connectivity index (χ1n) is 10.0. The fraction of sp³-hybridized carbons (Fsp3) is 0.111. The van der Waals surface area contributed by atoms with E-state index in [1.54, 1.807) is 0 Å². The van der Waals surface area contributed by atoms with Crippen molar-refractivity contribution >= 4 is 11.4 Å². The molecule has 0 radical (unpaired) electrons. The van der Waals surface area contributed by atoms with Crippen LogP contribution in [-0.4, -0.2) is 0 Å². The molecule has 0 saturated carbocycles. The summed E-state index contributed by atoms with van der Waals surface area (Å²) in [5.41, 5.74) is 23.4. The Balaban J connectivity index is 1.82. The highest BCUT2D eigenvalue weighted by Crippen LogP contribution is 2.38. The van der Waals surface area contributed by atoms with E-state index in [1.165, 1.54) is 38.9 Å². The van der Waals surface area contributed by atoms with Crippen molar-refractivity contribution in [2.45, 2.75) is 20.3 Å². The zero-order chi connectivity index (χ0) is 20.4. The molecule has 0 aromatic heterocycles. The lowest BCUT2D eigenvalue weighted by molar-refractivity contribution is 1.13. The SMILES string of the molecule is CCc1cccc(C)c1-c1cc(N)ccc1-c1ccc(-c2ccc(N)cc2)cc1. The molecule has 0 bridgehead atoms. The monoisotopic (exact) mass is 378 g/mol. The van der Waals surface area contributed by atoms with Gasteiger partial charge in [-0.05, 0) is 82.1 Å². The van der Waals surface area contributed by atoms with E-state index < -0.39 is 0 Å². The van der Waals surface area contributed by atoms with Gasteiger partial charge in [0.05, 0.1) is 0 Å². The summed E-state index contributed by atoms with van der Waals surface area (Å²) in [6, 6.07) is 29.4. The summed E-state index contributed by atoms with van der Waals surface area (Å²) in [6.07, 6.45) is 0.987. The molecule has 0 heterocycles. The van der Waals surface area contributed by atoms with Crippen molar-refractivity contribution in [3.05, 3.63) is 96.1 Å². The zero-order valence-corrected chi connectivity index (χ0v) is 16.9. The lowest BCUT2D eigenvalue weighted by Gasteiger charge is -2.17. The van der Waals surface area contributed by atoms with Crippen LogP contribution >= 0.6 is 0 Å². The first-order valence-corrected chi connectivity index (χ1v) is 10.0. The van der Waals surface area contributed by atoms with Crippen molar-refractivity contribution in [2.24, 2.45) is 0 Å². The first kappa shape index (κ1) is 18.8. The van der Waals surface area contributed by atoms with Crippen LogP contribution < -0.4 is 11.5 Å². The molecule has 4 N–H and O–H groups in total. The molecular weight excluding hydrogens is 352 g/mol. The predicted octanol–water partition coefficient (Wildman–Crippen LogP) is 6.72. The van der Waals surface area contributed by atoms with Crippen molar-refractivity contribution < 1.29 is 0 Å². The van der Waals surface area contributed by atoms with Crippen molar-refractivity contribution in [3.63, 3.8) is 0 Å². The minimum absolute atomic E-state index is 0.779. The molecule has 0 saturated heterocycles. The smallest absolute Gasteiger partial charge is 0.0320 e. The quantitative estimate of drug-likeness (QED) is 0.387. The Bertz CT molecular complexity index is 1140. The second-order valence-corrected chi connectivity index (χ2v) is 7.47. The summed E-state index contributed by atoms with van der Waals surface area (Å²) >= 11 is 0. The molecule has 0 aliphatic rings. The fourth-order valence-corrected chi connectivity index (χ4v) is 3.95. The van der Waals surface area contributed by atoms with Crippen LogP contribution in [-0.2, 0) is 6.42 Å². The molecule has 4 aromatic rings. The van der Waals surface area contributed by atoms with E-state index >= 15 is 0 Å². The van der Waals surface area contributed by atoms with Gasteiger partial charge in [0.2, 0.25) is 0 Å². The molecular formula is C27H26N2. The highest BCUT2D eigenvalue weighted by molar-refractivity contribution is 5.88. The van der Waals surface area contributed by atoms with E-state index in [-0.39, 0.29) is 0 Å². The number of hydrogen-bond acceptors (Lipinski definition) is 2. The molecule has 0 unspecified atom stereocenters. The van der Waals surface area contributed by atoms with E-state index in [0.717, 1.165) is 23.4 Å². The van der Waals surface area contributed by atoms with E-state index in [4.69, 9.17) is 11.5 Å². The van der Waals surface area contributed by atoms with Crippen molar-refractivity contribution in [3.8, 4) is 33.4 Å². The van der Waals surface area contributed by atoms with Crippen LogP contribution in [0.5, 0.6) is 0 Å². The summed E-state index contributed by atoms with van der Waals surface area (Å²) in [7, 11) is 0. The molecule has 0 amide bonds. The Labute approximate surface area is 172 Å². The average molecular weight is 379 g/mol. The number of nitrogens with two attached hydrogens (primary N) is 2. The molecule has 0 fully saturated rings. The van der Waals surface area contributed by atoms with Crippen LogP contribution in [0.4, 0.5) is 11.4 Å². The number of nitrogen functional groups attached to an aromatic ring is 2. The number of benzene rings is 4. The number of hydrogen-bond donors (Lipinski definition) is 2. The highest BCUT2D eigenvalue weighted by Gasteiger charge is 2.13. The Morgan fingerprint density at radius 2 is 1.21 bits per heavy atom. The van der Waals surface area contributed by atoms with Gasteiger partial charge in [0.15, 0.2) is 0 Å². The second kappa shape index (κ2) is 7.84. The van der Waals surface area contributed by atoms with Gasteiger partial charge in [0.25, 0.3) is 0 Å². The summed E-state index contributed by atoms with van der Waals surface area (Å²) in [5, 5.41) is 0. The molecule has 2 nitrogen and oxygen atoms in total. The Kier molecular flexibility index (Phi) is 5.09. The first-order chi connectivity index (χ1) is 14.1. The Hall–Kier alpha value is -3.52. The molecule has 2 heteroatoms. The number of aryl methyl sites for hydroxylation is 2. The molecule has 0 spiro atoms. The van der Waals surface area contributed by atoms with Gasteiger partial charge in [-0.3, -0.25) is 0 Å². The largest absolute Gasteiger partial charge is 0.399 e. The van der Waals surface area contributed by atoms with Crippen molar-refractivity contribution in [2.75, 3.05) is 11.5 Å². The van der Waals surface area contributed by atoms with Crippen LogP contribution in [0.25, 0.3) is 33.4 Å². The third kappa shape index (κ3) is 3.74. The van der Waals surface area contributed by atoms with Crippen molar-refractivity contribution in [1.82, 2.24) is 0 Å². The summed E-state index contributed by atoms with van der Waals surface area (Å²) in [6.45, 7) is 4.37. The van der Waals surface area contributed by atoms with E-state index in [2.05, 4.69) is 80.6 Å². The lowest BCUT2D eigenvalue weighted by Crippen LogP contribution is -1.96. The molecule has 0 aliphatic heterocycles. The molecule has 144 valence electrons. The third-order valence-corrected chi connectivity index (χ3v) is 5.49. The topological polar surface area (TPSA) is 52.0 Å². The summed E-state index contributed by atoms with van der Waals surface area (Å²) in [5.74, 6) is 0. The molecule has 4 rings (SSSR count). The Morgan fingerprint density at radius 1 is 0.621 bits per heavy atom. The maximum atomic E-state index is 6.19. The van der Waals surface area contributed by atoms with Gasteiger partial charge < -0.3 is 11.5 Å². The maximum absolute atomic E-state index is 6.19. The van der Waals surface area contributed by atoms with E-state index in [9.17, 15) is 0 Å². The number of anilines is 2. The van der Waals surface area contributed by atoms with Crippen LogP contribution in [0, 0.1) is 6.92 Å². The maximum Gasteiger partial charge on any atom is 0.0320 e. The van der Waals surface area contributed by atoms with Crippen LogP contribution in [0.15, 0.2) is 84.9 Å². The highest BCUT2D eigenvalue weighted by atomic mass is 14.5. The Morgan fingerprint density at radius 3 is 1.86 bits per heavy atom. The molecule has 0 atom stereocenters. The zero-order valence-electron chi connectivity index (χ0n) is 16.9. The van der Waals surface area contributed by atoms with Gasteiger partial charge in [-0.2, -0.15) is 0 Å². The molecule has 29 heavy (non-hydrogen) atoms. The standard InChI is InChI=1S/C27H26N2/c1-3-19-6-4-5-18(2)27(19)26-17-24(29)15-16-25(26)22-9-7-20(8-10-22)21-11-13-23(28)14-12-21/h4-17H,3,28-29H2,1-2H3. The minimum atomic E-state index is 0.779. The second-order valence-electron chi connectivity index (χ2n) is 7.47. The van der Waals surface area contributed by atoms with Gasteiger partial charge in [0.1, 0.15) is 0 Å². The summed E-state index contributed by atoms with van der Waals surface area (Å²) < 4.78 is 0. The normalized spacial score (nSPS) is 10.8. The van der Waals surface area contributed by atoms with Crippen LogP contribution in [0.1, 0.15) is 18.1 Å². The van der Waals surface area contributed by atoms with E-state index in [1.807, 2.05) is 18.2 Å². The van der Waals surface area contributed by atoms with Gasteiger partial charge in [0, 0.05) is 11.4 Å². The average Bonchev–Trinajstić information content (AvgIpc) is 2.74. The van der Waals surface area contributed by atoms with Gasteiger partial charge in [-0.1, -0.05) is 67.6 Å². The van der Waals surface area contributed by atoms with Crippen LogP contribution in [0.2, 0.25) is 0 Å². The number of rotatable bonds is 4. The fourth-order valence-electron chi connectivity index (χ4n) is 3.95. The molecule has 4 aromatic carbocycles. The van der Waals surface area contributed by atoms with Gasteiger partial charge >= 0.3 is 0 Å². The third-order valence-electron chi connectivity index (χ3n) is 5.49.